The van der Waals surface area contributed by atoms with Crippen LogP contribution < -0.4 is 0 Å². The number of amides is 1. The highest BCUT2D eigenvalue weighted by Crippen LogP contribution is 2.19. The van der Waals surface area contributed by atoms with Gasteiger partial charge in [0.1, 0.15) is 6.54 Å². The highest BCUT2D eigenvalue weighted by Gasteiger charge is 2.14. The van der Waals surface area contributed by atoms with Crippen molar-refractivity contribution in [3.8, 4) is 6.07 Å². The molecule has 0 fully saturated rings. The van der Waals surface area contributed by atoms with Crippen molar-refractivity contribution in [2.24, 2.45) is 0 Å². The second-order valence-electron chi connectivity index (χ2n) is 3.23. The van der Waals surface area contributed by atoms with Gasteiger partial charge in [-0.2, -0.15) is 5.26 Å². The first-order valence-corrected chi connectivity index (χ1v) is 4.83. The lowest BCUT2D eigenvalue weighted by molar-refractivity contribution is 0.0811. The van der Waals surface area contributed by atoms with E-state index < -0.39 is 0 Å². The predicted molar refractivity (Wildman–Crippen MR) is 58.8 cm³/mol. The zero-order valence-electron chi connectivity index (χ0n) is 8.62. The third-order valence-electron chi connectivity index (χ3n) is 2.15. The summed E-state index contributed by atoms with van der Waals surface area (Å²) in [6.45, 7) is 1.86. The number of nitriles is 1. The molecule has 3 nitrogen and oxygen atoms in total. The average Bonchev–Trinajstić information content (AvgIpc) is 2.21. The van der Waals surface area contributed by atoms with E-state index in [0.717, 1.165) is 5.56 Å². The van der Waals surface area contributed by atoms with Gasteiger partial charge in [0, 0.05) is 17.6 Å². The number of nitrogens with zero attached hydrogens (tertiary/aromatic N) is 2. The van der Waals surface area contributed by atoms with Crippen molar-refractivity contribution in [2.75, 3.05) is 13.6 Å². The zero-order valence-corrected chi connectivity index (χ0v) is 9.38. The summed E-state index contributed by atoms with van der Waals surface area (Å²) >= 11 is 5.90. The molecule has 0 aliphatic carbocycles. The van der Waals surface area contributed by atoms with Crippen LogP contribution in [0.15, 0.2) is 18.2 Å². The van der Waals surface area contributed by atoms with Crippen LogP contribution in [0.3, 0.4) is 0 Å². The van der Waals surface area contributed by atoms with Gasteiger partial charge in [0.25, 0.3) is 5.91 Å². The van der Waals surface area contributed by atoms with E-state index in [0.29, 0.717) is 10.6 Å². The Morgan fingerprint density at radius 2 is 2.27 bits per heavy atom. The summed E-state index contributed by atoms with van der Waals surface area (Å²) in [4.78, 5) is 13.2. The SMILES string of the molecule is Cc1c(Cl)cccc1C(=O)N(C)CC#N. The van der Waals surface area contributed by atoms with Crippen LogP contribution in [0.2, 0.25) is 5.02 Å². The number of halogens is 1. The maximum Gasteiger partial charge on any atom is 0.254 e. The van der Waals surface area contributed by atoms with Crippen molar-refractivity contribution in [2.45, 2.75) is 6.92 Å². The van der Waals surface area contributed by atoms with Crippen LogP contribution in [-0.2, 0) is 0 Å². The molecule has 0 spiro atoms. The summed E-state index contributed by atoms with van der Waals surface area (Å²) in [5, 5.41) is 9.05. The number of hydrogen-bond donors (Lipinski definition) is 0. The molecule has 1 amide bonds. The molecule has 0 aliphatic heterocycles. The second-order valence-corrected chi connectivity index (χ2v) is 3.64. The van der Waals surface area contributed by atoms with E-state index >= 15 is 0 Å². The summed E-state index contributed by atoms with van der Waals surface area (Å²) in [6.07, 6.45) is 0. The smallest absolute Gasteiger partial charge is 0.254 e. The van der Waals surface area contributed by atoms with Gasteiger partial charge in [-0.1, -0.05) is 17.7 Å². The third-order valence-corrected chi connectivity index (χ3v) is 2.56. The van der Waals surface area contributed by atoms with E-state index in [2.05, 4.69) is 0 Å². The Kier molecular flexibility index (Phi) is 3.70. The highest BCUT2D eigenvalue weighted by molar-refractivity contribution is 6.31. The van der Waals surface area contributed by atoms with Gasteiger partial charge >= 0.3 is 0 Å². The molecule has 0 N–H and O–H groups in total. The molecule has 0 unspecified atom stereocenters. The van der Waals surface area contributed by atoms with E-state index in [1.54, 1.807) is 32.2 Å². The van der Waals surface area contributed by atoms with Crippen LogP contribution in [-0.4, -0.2) is 24.4 Å². The lowest BCUT2D eigenvalue weighted by Gasteiger charge is -2.14. The van der Waals surface area contributed by atoms with E-state index in [-0.39, 0.29) is 12.5 Å². The Balaban J connectivity index is 3.02. The normalized spacial score (nSPS) is 9.47. The van der Waals surface area contributed by atoms with E-state index in [1.165, 1.54) is 4.90 Å². The summed E-state index contributed by atoms with van der Waals surface area (Å²) in [5.74, 6) is -0.184. The standard InChI is InChI=1S/C11H11ClN2O/c1-8-9(4-3-5-10(8)12)11(15)14(2)7-6-13/h3-5H,7H2,1-2H3. The van der Waals surface area contributed by atoms with Gasteiger partial charge in [0.2, 0.25) is 0 Å². The first-order valence-electron chi connectivity index (χ1n) is 4.45. The van der Waals surface area contributed by atoms with Crippen LogP contribution in [0.4, 0.5) is 0 Å². The van der Waals surface area contributed by atoms with Crippen molar-refractivity contribution in [3.63, 3.8) is 0 Å². The summed E-state index contributed by atoms with van der Waals surface area (Å²) in [6, 6.07) is 7.09. The van der Waals surface area contributed by atoms with Gasteiger partial charge in [0.15, 0.2) is 0 Å². The lowest BCUT2D eigenvalue weighted by Crippen LogP contribution is -2.27. The summed E-state index contributed by atoms with van der Waals surface area (Å²) in [7, 11) is 1.59. The average molecular weight is 223 g/mol. The van der Waals surface area contributed by atoms with E-state index in [9.17, 15) is 4.79 Å². The van der Waals surface area contributed by atoms with Crippen LogP contribution in [0.5, 0.6) is 0 Å². The minimum Gasteiger partial charge on any atom is -0.328 e. The lowest BCUT2D eigenvalue weighted by atomic mass is 10.1. The molecule has 0 saturated heterocycles. The molecule has 0 saturated carbocycles. The molecule has 4 heteroatoms. The summed E-state index contributed by atoms with van der Waals surface area (Å²) < 4.78 is 0. The Hall–Kier alpha value is -1.53. The van der Waals surface area contributed by atoms with Crippen molar-refractivity contribution < 1.29 is 4.79 Å². The van der Waals surface area contributed by atoms with Gasteiger partial charge in [-0.3, -0.25) is 4.79 Å². The van der Waals surface area contributed by atoms with Crippen LogP contribution in [0.25, 0.3) is 0 Å². The van der Waals surface area contributed by atoms with Gasteiger partial charge in [0.05, 0.1) is 6.07 Å². The largest absolute Gasteiger partial charge is 0.328 e. The van der Waals surface area contributed by atoms with Crippen LogP contribution >= 0.6 is 11.6 Å². The molecule has 0 aromatic heterocycles. The first-order chi connectivity index (χ1) is 7.07. The Morgan fingerprint density at radius 3 is 2.87 bits per heavy atom. The van der Waals surface area contributed by atoms with Crippen molar-refractivity contribution >= 4 is 17.5 Å². The van der Waals surface area contributed by atoms with Crippen molar-refractivity contribution in [3.05, 3.63) is 34.3 Å². The molecule has 0 heterocycles. The van der Waals surface area contributed by atoms with E-state index in [4.69, 9.17) is 16.9 Å². The van der Waals surface area contributed by atoms with E-state index in [1.807, 2.05) is 6.07 Å². The van der Waals surface area contributed by atoms with Gasteiger partial charge < -0.3 is 4.90 Å². The molecule has 15 heavy (non-hydrogen) atoms. The van der Waals surface area contributed by atoms with Gasteiger partial charge in [-0.15, -0.1) is 0 Å². The molecular formula is C11H11ClN2O. The number of carbonyl (C=O) groups is 1. The molecule has 0 radical (unpaired) electrons. The number of carbonyl (C=O) groups excluding carboxylic acids is 1. The molecule has 0 bridgehead atoms. The van der Waals surface area contributed by atoms with Gasteiger partial charge in [-0.05, 0) is 24.6 Å². The minimum absolute atomic E-state index is 0.0742. The van der Waals surface area contributed by atoms with Gasteiger partial charge in [-0.25, -0.2) is 0 Å². The maximum absolute atomic E-state index is 11.8. The number of hydrogen-bond acceptors (Lipinski definition) is 2. The topological polar surface area (TPSA) is 44.1 Å². The van der Waals surface area contributed by atoms with Crippen molar-refractivity contribution in [1.29, 1.82) is 5.26 Å². The molecule has 1 aromatic carbocycles. The first kappa shape index (κ1) is 11.5. The molecule has 1 aromatic rings. The molecule has 0 aliphatic rings. The van der Waals surface area contributed by atoms with Crippen LogP contribution in [0.1, 0.15) is 15.9 Å². The molecule has 78 valence electrons. The second kappa shape index (κ2) is 4.81. The fourth-order valence-electron chi connectivity index (χ4n) is 1.22. The number of rotatable bonds is 2. The monoisotopic (exact) mass is 222 g/mol. The fourth-order valence-corrected chi connectivity index (χ4v) is 1.40. The fraction of sp³-hybridized carbons (Fsp3) is 0.273. The molecular weight excluding hydrogens is 212 g/mol. The zero-order chi connectivity index (χ0) is 11.4. The van der Waals surface area contributed by atoms with Crippen molar-refractivity contribution in [1.82, 2.24) is 4.90 Å². The maximum atomic E-state index is 11.8. The van der Waals surface area contributed by atoms with Crippen LogP contribution in [0, 0.1) is 18.3 Å². The predicted octanol–water partition coefficient (Wildman–Crippen LogP) is 2.24. The number of benzene rings is 1. The molecule has 1 rings (SSSR count). The third kappa shape index (κ3) is 2.48. The highest BCUT2D eigenvalue weighted by atomic mass is 35.5. The quantitative estimate of drug-likeness (QED) is 0.721. The Morgan fingerprint density at radius 1 is 1.60 bits per heavy atom. The summed E-state index contributed by atoms with van der Waals surface area (Å²) in [5.41, 5.74) is 1.29. The Labute approximate surface area is 93.9 Å². The minimum atomic E-state index is -0.184. The molecule has 0 atom stereocenters. The Bertz CT molecular complexity index is 423.